The molecule has 2 heteroatoms. The van der Waals surface area contributed by atoms with Crippen molar-refractivity contribution in [1.29, 1.82) is 0 Å². The molecular weight excluding hydrogens is 230 g/mol. The maximum atomic E-state index is 2.43. The average Bonchev–Trinajstić information content (AvgIpc) is 1.91. The lowest BCUT2D eigenvalue weighted by atomic mass is 10.00. The predicted molar refractivity (Wildman–Crippen MR) is 83.9 cm³/mol. The van der Waals surface area contributed by atoms with Gasteiger partial charge in [0.25, 0.3) is 0 Å². The van der Waals surface area contributed by atoms with E-state index in [1.54, 1.807) is 0 Å². The molecule has 0 heterocycles. The van der Waals surface area contributed by atoms with Gasteiger partial charge in [0.2, 0.25) is 0 Å². The minimum atomic E-state index is 0.0180. The number of rotatable bonds is 2. The van der Waals surface area contributed by atoms with Crippen LogP contribution < -0.4 is 0 Å². The van der Waals surface area contributed by atoms with Crippen LogP contribution in [0, 0.1) is 5.41 Å². The minimum absolute atomic E-state index is 0.0180. The molecule has 0 rings (SSSR count). The minimum Gasteiger partial charge on any atom is -0.117 e. The molecule has 0 spiro atoms. The Balaban J connectivity index is 5.35. The van der Waals surface area contributed by atoms with Crippen molar-refractivity contribution in [3.8, 4) is 0 Å². The molecule has 16 heavy (non-hydrogen) atoms. The Kier molecular flexibility index (Phi) is 5.52. The first kappa shape index (κ1) is 16.9. The molecule has 0 aromatic rings. The third kappa shape index (κ3) is 4.62. The van der Waals surface area contributed by atoms with Crippen LogP contribution in [0.15, 0.2) is 0 Å². The molecule has 0 saturated heterocycles. The first-order valence-electron chi connectivity index (χ1n) is 6.28. The predicted octanol–water partition coefficient (Wildman–Crippen LogP) is 5.75. The van der Waals surface area contributed by atoms with E-state index in [2.05, 4.69) is 69.0 Å². The van der Waals surface area contributed by atoms with Crippen LogP contribution in [-0.2, 0) is 0 Å². The van der Waals surface area contributed by atoms with Crippen molar-refractivity contribution in [2.45, 2.75) is 78.0 Å². The monoisotopic (exact) mass is 262 g/mol. The molecule has 98 valence electrons. The summed E-state index contributed by atoms with van der Waals surface area (Å²) in [5.41, 5.74) is 0.444. The molecule has 0 aliphatic rings. The highest BCUT2D eigenvalue weighted by atomic mass is 31.2. The summed E-state index contributed by atoms with van der Waals surface area (Å²) in [4.78, 5) is 0. The second-order valence-corrected chi connectivity index (χ2v) is 13.3. The Bertz CT molecular complexity index is 198. The molecule has 0 bridgehead atoms. The molecule has 0 amide bonds. The normalized spacial score (nSPS) is 17.4. The van der Waals surface area contributed by atoms with Crippen molar-refractivity contribution >= 4 is 16.5 Å². The van der Waals surface area contributed by atoms with E-state index in [0.29, 0.717) is 15.7 Å². The summed E-state index contributed by atoms with van der Waals surface area (Å²) in [5, 5.41) is 1.78. The van der Waals surface area contributed by atoms with Crippen molar-refractivity contribution < 1.29 is 0 Å². The van der Waals surface area contributed by atoms with Crippen molar-refractivity contribution in [1.82, 2.24) is 0 Å². The molecule has 0 aliphatic carbocycles. The van der Waals surface area contributed by atoms with Gasteiger partial charge in [-0.05, 0) is 22.4 Å². The maximum absolute atomic E-state index is 2.43. The first-order chi connectivity index (χ1) is 6.81. The molecule has 0 N–H and O–H groups in total. The summed E-state index contributed by atoms with van der Waals surface area (Å²) in [7, 11) is 1.07. The molecule has 0 aromatic heterocycles. The second kappa shape index (κ2) is 5.24. The molecular formula is C14H32P2. The van der Waals surface area contributed by atoms with Gasteiger partial charge in [0.1, 0.15) is 0 Å². The van der Waals surface area contributed by atoms with E-state index in [9.17, 15) is 0 Å². The average molecular weight is 262 g/mol. The molecule has 1 unspecified atom stereocenters. The van der Waals surface area contributed by atoms with Gasteiger partial charge in [-0.1, -0.05) is 70.2 Å². The zero-order chi connectivity index (χ0) is 13.4. The topological polar surface area (TPSA) is 0 Å². The summed E-state index contributed by atoms with van der Waals surface area (Å²) in [6.07, 6.45) is 0. The summed E-state index contributed by atoms with van der Waals surface area (Å²) in [6.45, 7) is 24.2. The van der Waals surface area contributed by atoms with Gasteiger partial charge in [0.05, 0.1) is 0 Å². The molecule has 0 radical (unpaired) electrons. The highest BCUT2D eigenvalue weighted by molar-refractivity contribution is 7.71. The summed E-state index contributed by atoms with van der Waals surface area (Å²) in [5.74, 6) is 0. The number of hydrogen-bond donors (Lipinski definition) is 0. The van der Waals surface area contributed by atoms with Crippen LogP contribution in [0.3, 0.4) is 0 Å². The van der Waals surface area contributed by atoms with E-state index < -0.39 is 0 Å². The largest absolute Gasteiger partial charge is 0.117 e. The van der Waals surface area contributed by atoms with E-state index in [4.69, 9.17) is 0 Å². The maximum Gasteiger partial charge on any atom is 0.00217 e. The Morgan fingerprint density at radius 3 is 1.12 bits per heavy atom. The molecule has 0 fully saturated rings. The fourth-order valence-electron chi connectivity index (χ4n) is 2.73. The van der Waals surface area contributed by atoms with Crippen LogP contribution in [0.1, 0.15) is 62.3 Å². The first-order valence-corrected chi connectivity index (χ1v) is 9.27. The van der Waals surface area contributed by atoms with Crippen LogP contribution in [0.4, 0.5) is 0 Å². The lowest BCUT2D eigenvalue weighted by Gasteiger charge is -2.50. The van der Waals surface area contributed by atoms with Crippen molar-refractivity contribution in [3.63, 3.8) is 0 Å². The van der Waals surface area contributed by atoms with Gasteiger partial charge < -0.3 is 0 Å². The van der Waals surface area contributed by atoms with E-state index >= 15 is 0 Å². The lowest BCUT2D eigenvalue weighted by molar-refractivity contribution is 0.445. The van der Waals surface area contributed by atoms with Crippen LogP contribution in [0.2, 0.25) is 0 Å². The van der Waals surface area contributed by atoms with Gasteiger partial charge in [-0.15, -0.1) is 8.58 Å². The summed E-state index contributed by atoms with van der Waals surface area (Å²) < 4.78 is 0. The molecule has 0 aliphatic heterocycles. The molecule has 0 nitrogen and oxygen atoms in total. The smallest absolute Gasteiger partial charge is 0.00217 e. The highest BCUT2D eigenvalue weighted by Gasteiger charge is 2.43. The fourth-order valence-corrected chi connectivity index (χ4v) is 11.3. The summed E-state index contributed by atoms with van der Waals surface area (Å²) >= 11 is 0. The Morgan fingerprint density at radius 2 is 1.06 bits per heavy atom. The van der Waals surface area contributed by atoms with Gasteiger partial charge in [-0.2, -0.15) is 0 Å². The fraction of sp³-hybridized carbons (Fsp3) is 1.00. The van der Waals surface area contributed by atoms with E-state index in [-0.39, 0.29) is 7.92 Å². The van der Waals surface area contributed by atoms with E-state index in [1.807, 2.05) is 0 Å². The third-order valence-electron chi connectivity index (χ3n) is 2.80. The Hall–Kier alpha value is 0.860. The lowest BCUT2D eigenvalue weighted by Crippen LogP contribution is -2.35. The van der Waals surface area contributed by atoms with Gasteiger partial charge in [0.15, 0.2) is 0 Å². The van der Waals surface area contributed by atoms with Gasteiger partial charge in [0, 0.05) is 5.40 Å². The van der Waals surface area contributed by atoms with Crippen LogP contribution in [-0.4, -0.2) is 22.4 Å². The van der Waals surface area contributed by atoms with Crippen molar-refractivity contribution in [3.05, 3.63) is 0 Å². The van der Waals surface area contributed by atoms with Gasteiger partial charge in [-0.25, -0.2) is 0 Å². The Morgan fingerprint density at radius 1 is 0.750 bits per heavy atom. The van der Waals surface area contributed by atoms with Gasteiger partial charge in [-0.3, -0.25) is 0 Å². The third-order valence-corrected chi connectivity index (χ3v) is 9.94. The van der Waals surface area contributed by atoms with E-state index in [1.165, 1.54) is 0 Å². The quantitative estimate of drug-likeness (QED) is 0.556. The molecule has 2 atom stereocenters. The summed E-state index contributed by atoms with van der Waals surface area (Å²) in [6, 6.07) is 0. The zero-order valence-electron chi connectivity index (χ0n) is 13.0. The number of hydrogen-bond acceptors (Lipinski definition) is 0. The van der Waals surface area contributed by atoms with E-state index in [0.717, 1.165) is 14.0 Å². The van der Waals surface area contributed by atoms with Gasteiger partial charge >= 0.3 is 0 Å². The van der Waals surface area contributed by atoms with Crippen LogP contribution in [0.5, 0.6) is 0 Å². The highest BCUT2D eigenvalue weighted by Crippen LogP contribution is 2.69. The second-order valence-electron chi connectivity index (χ2n) is 7.77. The van der Waals surface area contributed by atoms with Crippen molar-refractivity contribution in [2.24, 2.45) is 5.41 Å². The molecule has 0 aromatic carbocycles. The van der Waals surface area contributed by atoms with Crippen molar-refractivity contribution in [2.75, 3.05) is 6.66 Å². The molecule has 0 saturated carbocycles. The van der Waals surface area contributed by atoms with Crippen LogP contribution >= 0.6 is 16.5 Å². The zero-order valence-corrected chi connectivity index (χ0v) is 14.9. The standard InChI is InChI=1S/C14H32P2/c1-12(2,3)11(15-10)16(13(4,5)6)14(7,8)9/h11,15H,1-10H3/t11-/m0/s1. The van der Waals surface area contributed by atoms with Crippen LogP contribution in [0.25, 0.3) is 0 Å². The Labute approximate surface area is 107 Å². The SMILES string of the molecule is CP[C@@H](P(C(C)(C)C)C(C)(C)C)C(C)(C)C.